The lowest BCUT2D eigenvalue weighted by atomic mass is 9.93. The van der Waals surface area contributed by atoms with Gasteiger partial charge in [-0.05, 0) is 27.7 Å². The molecule has 0 aliphatic carbocycles. The summed E-state index contributed by atoms with van der Waals surface area (Å²) in [5, 5.41) is 21.8. The van der Waals surface area contributed by atoms with Gasteiger partial charge in [0, 0.05) is 6.42 Å². The van der Waals surface area contributed by atoms with Gasteiger partial charge in [-0.15, -0.1) is 0 Å². The summed E-state index contributed by atoms with van der Waals surface area (Å²) in [6.07, 6.45) is 0.181. The standard InChI is InChI=1S/C7H14O2/c1-6(2,8)5-7(3,4)9/h5H2,1-4H3. The molecule has 0 spiro atoms. The maximum absolute atomic E-state index is 10.9. The molecular weight excluding hydrogens is 116 g/mol. The molecule has 0 N–H and O–H groups in total. The van der Waals surface area contributed by atoms with Crippen LogP contribution >= 0.6 is 0 Å². The van der Waals surface area contributed by atoms with E-state index in [1.807, 2.05) is 0 Å². The van der Waals surface area contributed by atoms with Gasteiger partial charge in [0.15, 0.2) is 0 Å². The predicted octanol–water partition coefficient (Wildman–Crippen LogP) is 1.79. The third-order valence-corrected chi connectivity index (χ3v) is 0.851. The molecule has 0 saturated heterocycles. The Morgan fingerprint density at radius 1 is 0.889 bits per heavy atom. The minimum absolute atomic E-state index is 0.181. The van der Waals surface area contributed by atoms with Crippen molar-refractivity contribution in [1.82, 2.24) is 0 Å². The van der Waals surface area contributed by atoms with E-state index in [1.54, 1.807) is 0 Å². The second kappa shape index (κ2) is 2.27. The summed E-state index contributed by atoms with van der Waals surface area (Å²) in [5.41, 5.74) is -2.16. The summed E-state index contributed by atoms with van der Waals surface area (Å²) < 4.78 is 0. The van der Waals surface area contributed by atoms with Crippen LogP contribution in [0.1, 0.15) is 34.1 Å². The average molecular weight is 130 g/mol. The van der Waals surface area contributed by atoms with Crippen LogP contribution in [0.4, 0.5) is 0 Å². The van der Waals surface area contributed by atoms with Crippen molar-refractivity contribution < 1.29 is 10.2 Å². The molecule has 0 aromatic carbocycles. The normalized spacial score (nSPS) is 14.0. The molecule has 0 atom stereocenters. The van der Waals surface area contributed by atoms with Crippen molar-refractivity contribution in [3.63, 3.8) is 0 Å². The second-order valence-electron chi connectivity index (χ2n) is 3.70. The highest BCUT2D eigenvalue weighted by atomic mass is 16.3. The minimum atomic E-state index is -1.08. The Kier molecular flexibility index (Phi) is 2.25. The van der Waals surface area contributed by atoms with E-state index >= 15 is 0 Å². The molecule has 9 heavy (non-hydrogen) atoms. The molecule has 0 aliphatic heterocycles. The van der Waals surface area contributed by atoms with E-state index in [1.165, 1.54) is 27.7 Å². The van der Waals surface area contributed by atoms with Crippen LogP contribution < -0.4 is 0 Å². The van der Waals surface area contributed by atoms with E-state index in [-0.39, 0.29) is 6.42 Å². The molecule has 54 valence electrons. The lowest BCUT2D eigenvalue weighted by molar-refractivity contribution is -0.0909. The Balaban J connectivity index is 3.75. The zero-order valence-electron chi connectivity index (χ0n) is 6.52. The van der Waals surface area contributed by atoms with Gasteiger partial charge in [0.25, 0.3) is 0 Å². The van der Waals surface area contributed by atoms with E-state index < -0.39 is 11.2 Å². The van der Waals surface area contributed by atoms with Crippen molar-refractivity contribution in [1.29, 1.82) is 0 Å². The fraction of sp³-hybridized carbons (Fsp3) is 1.00. The average Bonchev–Trinajstić information content (AvgIpc) is 1.14. The largest absolute Gasteiger partial charge is 0.230 e. The first-order valence-corrected chi connectivity index (χ1v) is 3.12. The van der Waals surface area contributed by atoms with E-state index in [0.717, 1.165) is 0 Å². The fourth-order valence-electron chi connectivity index (χ4n) is 1.03. The Hall–Kier alpha value is -0.0800. The second-order valence-corrected chi connectivity index (χ2v) is 3.70. The Labute approximate surface area is 56.5 Å². The maximum atomic E-state index is 10.9. The number of hydrogen-bond acceptors (Lipinski definition) is 0. The van der Waals surface area contributed by atoms with Crippen molar-refractivity contribution in [3.8, 4) is 0 Å². The molecular formula is C7H14O2. The SMILES string of the molecule is CC(C)([O])CC(C)(C)[O]. The van der Waals surface area contributed by atoms with Gasteiger partial charge in [0.05, 0.1) is 0 Å². The highest BCUT2D eigenvalue weighted by Gasteiger charge is 2.27. The molecule has 2 radical (unpaired) electrons. The Morgan fingerprint density at radius 2 is 1.11 bits per heavy atom. The third-order valence-electron chi connectivity index (χ3n) is 0.851. The van der Waals surface area contributed by atoms with Gasteiger partial charge in [-0.25, -0.2) is 10.2 Å². The first kappa shape index (κ1) is 8.92. The van der Waals surface area contributed by atoms with Crippen LogP contribution in [0.5, 0.6) is 0 Å². The molecule has 0 heterocycles. The molecule has 0 fully saturated rings. The van der Waals surface area contributed by atoms with Crippen molar-refractivity contribution in [2.24, 2.45) is 0 Å². The van der Waals surface area contributed by atoms with Crippen LogP contribution in [-0.4, -0.2) is 11.2 Å². The van der Waals surface area contributed by atoms with Crippen LogP contribution in [-0.2, 0) is 10.2 Å². The molecule has 2 nitrogen and oxygen atoms in total. The van der Waals surface area contributed by atoms with Crippen LogP contribution in [0.3, 0.4) is 0 Å². The highest BCUT2D eigenvalue weighted by molar-refractivity contribution is 4.76. The molecule has 0 saturated carbocycles. The monoisotopic (exact) mass is 130 g/mol. The van der Waals surface area contributed by atoms with Crippen molar-refractivity contribution in [3.05, 3.63) is 0 Å². The van der Waals surface area contributed by atoms with Crippen LogP contribution in [0.2, 0.25) is 0 Å². The zero-order valence-corrected chi connectivity index (χ0v) is 6.52. The smallest absolute Gasteiger partial charge is 0.101 e. The molecule has 0 rings (SSSR count). The van der Waals surface area contributed by atoms with Crippen molar-refractivity contribution >= 4 is 0 Å². The van der Waals surface area contributed by atoms with E-state index in [9.17, 15) is 10.2 Å². The van der Waals surface area contributed by atoms with E-state index in [0.29, 0.717) is 0 Å². The summed E-state index contributed by atoms with van der Waals surface area (Å²) >= 11 is 0. The molecule has 0 amide bonds. The van der Waals surface area contributed by atoms with Crippen molar-refractivity contribution in [2.75, 3.05) is 0 Å². The van der Waals surface area contributed by atoms with Gasteiger partial charge in [-0.3, -0.25) is 0 Å². The summed E-state index contributed by atoms with van der Waals surface area (Å²) in [6, 6.07) is 0. The number of rotatable bonds is 2. The lowest BCUT2D eigenvalue weighted by Gasteiger charge is -2.21. The van der Waals surface area contributed by atoms with Gasteiger partial charge in [-0.2, -0.15) is 0 Å². The van der Waals surface area contributed by atoms with E-state index in [4.69, 9.17) is 0 Å². The van der Waals surface area contributed by atoms with Gasteiger partial charge < -0.3 is 0 Å². The van der Waals surface area contributed by atoms with Gasteiger partial charge >= 0.3 is 0 Å². The number of hydrogen-bond donors (Lipinski definition) is 0. The molecule has 0 aliphatic rings. The topological polar surface area (TPSA) is 39.8 Å². The zero-order chi connectivity index (χ0) is 7.71. The Bertz CT molecular complexity index is 72.1. The predicted molar refractivity (Wildman–Crippen MR) is 34.1 cm³/mol. The van der Waals surface area contributed by atoms with E-state index in [2.05, 4.69) is 0 Å². The molecule has 2 heteroatoms. The molecule has 0 aromatic heterocycles. The first-order valence-electron chi connectivity index (χ1n) is 3.12. The quantitative estimate of drug-likeness (QED) is 0.546. The summed E-state index contributed by atoms with van der Waals surface area (Å²) in [5.74, 6) is 0. The lowest BCUT2D eigenvalue weighted by Crippen LogP contribution is -2.30. The third kappa shape index (κ3) is 7.92. The molecule has 0 aromatic rings. The highest BCUT2D eigenvalue weighted by Crippen LogP contribution is 2.19. The van der Waals surface area contributed by atoms with Crippen LogP contribution in [0, 0.1) is 0 Å². The molecule has 0 bridgehead atoms. The fourth-order valence-corrected chi connectivity index (χ4v) is 1.03. The first-order chi connectivity index (χ1) is 3.71. The minimum Gasteiger partial charge on any atom is -0.230 e. The maximum Gasteiger partial charge on any atom is 0.101 e. The summed E-state index contributed by atoms with van der Waals surface area (Å²) in [4.78, 5) is 0. The van der Waals surface area contributed by atoms with Gasteiger partial charge in [0.2, 0.25) is 0 Å². The Morgan fingerprint density at radius 3 is 1.11 bits per heavy atom. The summed E-state index contributed by atoms with van der Waals surface area (Å²) in [7, 11) is 0. The summed E-state index contributed by atoms with van der Waals surface area (Å²) in [6.45, 7) is 6.14. The van der Waals surface area contributed by atoms with Crippen molar-refractivity contribution in [2.45, 2.75) is 45.3 Å². The molecule has 0 unspecified atom stereocenters. The van der Waals surface area contributed by atoms with Gasteiger partial charge in [-0.1, -0.05) is 0 Å². The van der Waals surface area contributed by atoms with Crippen LogP contribution in [0.15, 0.2) is 0 Å². The van der Waals surface area contributed by atoms with Crippen LogP contribution in [0.25, 0.3) is 0 Å². The van der Waals surface area contributed by atoms with Gasteiger partial charge in [0.1, 0.15) is 11.2 Å².